The van der Waals surface area contributed by atoms with E-state index in [1.165, 1.54) is 44.9 Å². The minimum absolute atomic E-state index is 0.141. The van der Waals surface area contributed by atoms with Gasteiger partial charge in [-0.05, 0) is 77.0 Å². The SMILES string of the molecule is CC/C=C\C/C=C\C/C=C\CCCCCCCC(=O)OC(COC(=O)CCCCCCCCC/C=C\C/C=C\CCCCCC)COC1OC(COC2OC(CO)C(O)C(O)C2O)C(O)C(O)C1O. The van der Waals surface area contributed by atoms with Gasteiger partial charge in [0.15, 0.2) is 18.7 Å². The number of esters is 2. The summed E-state index contributed by atoms with van der Waals surface area (Å²) >= 11 is 0. The molecule has 2 heterocycles. The zero-order valence-electron chi connectivity index (χ0n) is 42.0. The first-order valence-corrected chi connectivity index (χ1v) is 26.4. The lowest BCUT2D eigenvalue weighted by molar-refractivity contribution is -0.332. The van der Waals surface area contributed by atoms with Gasteiger partial charge in [-0.2, -0.15) is 0 Å². The number of ether oxygens (including phenoxy) is 6. The van der Waals surface area contributed by atoms with Crippen molar-refractivity contribution in [2.24, 2.45) is 0 Å². The zero-order chi connectivity index (χ0) is 50.3. The molecular weight excluding hydrogens is 889 g/mol. The molecule has 0 aromatic carbocycles. The number of allylic oxidation sites excluding steroid dienone is 10. The molecule has 11 unspecified atom stereocenters. The van der Waals surface area contributed by atoms with Crippen molar-refractivity contribution in [3.8, 4) is 0 Å². The summed E-state index contributed by atoms with van der Waals surface area (Å²) in [7, 11) is 0. The first kappa shape index (κ1) is 62.3. The molecule has 2 rings (SSSR count). The molecule has 0 aromatic rings. The lowest BCUT2D eigenvalue weighted by Gasteiger charge is -2.42. The van der Waals surface area contributed by atoms with Gasteiger partial charge < -0.3 is 64.2 Å². The standard InChI is InChI=1S/C54H92O15/c1-3-5-7-9-11-13-15-17-19-20-21-23-24-26-28-30-32-34-36-45(56)64-39-42(67-46(57)37-35-33-31-29-27-25-22-18-16-14-12-10-8-6-4-2)40-65-53-52(63)50(61)48(59)44(69-53)41-66-54-51(62)49(60)47(58)43(38-55)68-54/h6,8,12-15,18-20,22,42-44,47-55,58-63H,3-5,7,9-11,16-17,21,23-41H2,1-2H3/b8-6-,14-12-,15-13-,20-19-,22-18-. The highest BCUT2D eigenvalue weighted by Crippen LogP contribution is 2.26. The van der Waals surface area contributed by atoms with Crippen molar-refractivity contribution < 1.29 is 73.8 Å². The number of rotatable bonds is 40. The fraction of sp³-hybridized carbons (Fsp3) is 0.778. The Morgan fingerprint density at radius 3 is 1.43 bits per heavy atom. The molecule has 0 aliphatic carbocycles. The van der Waals surface area contributed by atoms with E-state index in [0.29, 0.717) is 12.8 Å². The second kappa shape index (κ2) is 40.8. The fourth-order valence-corrected chi connectivity index (χ4v) is 7.91. The third-order valence-electron chi connectivity index (χ3n) is 12.2. The number of carbonyl (C=O) groups excluding carboxylic acids is 2. The summed E-state index contributed by atoms with van der Waals surface area (Å²) in [5.41, 5.74) is 0. The summed E-state index contributed by atoms with van der Waals surface area (Å²) in [5, 5.41) is 72.1. The third kappa shape index (κ3) is 28.7. The third-order valence-corrected chi connectivity index (χ3v) is 12.2. The van der Waals surface area contributed by atoms with Gasteiger partial charge in [-0.3, -0.25) is 9.59 Å². The number of unbranched alkanes of at least 4 members (excludes halogenated alkanes) is 16. The maximum Gasteiger partial charge on any atom is 0.306 e. The summed E-state index contributed by atoms with van der Waals surface area (Å²) < 4.78 is 33.6. The Balaban J connectivity index is 1.81. The molecule has 69 heavy (non-hydrogen) atoms. The van der Waals surface area contributed by atoms with E-state index < -0.39 is 99.3 Å². The average molecular weight is 981 g/mol. The molecule has 0 saturated carbocycles. The molecule has 0 spiro atoms. The normalized spacial score (nSPS) is 26.0. The van der Waals surface area contributed by atoms with Gasteiger partial charge in [-0.1, -0.05) is 145 Å². The largest absolute Gasteiger partial charge is 0.462 e. The van der Waals surface area contributed by atoms with E-state index >= 15 is 0 Å². The fourth-order valence-electron chi connectivity index (χ4n) is 7.91. The summed E-state index contributed by atoms with van der Waals surface area (Å²) in [6.45, 7) is 2.43. The van der Waals surface area contributed by atoms with Crippen molar-refractivity contribution in [1.82, 2.24) is 0 Å². The van der Waals surface area contributed by atoms with E-state index in [9.17, 15) is 45.3 Å². The predicted octanol–water partition coefficient (Wildman–Crippen LogP) is 7.66. The molecule has 2 aliphatic heterocycles. The van der Waals surface area contributed by atoms with E-state index in [-0.39, 0.29) is 19.4 Å². The van der Waals surface area contributed by atoms with Gasteiger partial charge in [0.05, 0.1) is 19.8 Å². The summed E-state index contributed by atoms with van der Waals surface area (Å²) in [5.74, 6) is -0.956. The van der Waals surface area contributed by atoms with Gasteiger partial charge in [0.1, 0.15) is 55.4 Å². The highest BCUT2D eigenvalue weighted by atomic mass is 16.7. The van der Waals surface area contributed by atoms with Crippen LogP contribution in [0.4, 0.5) is 0 Å². The van der Waals surface area contributed by atoms with Gasteiger partial charge in [0.25, 0.3) is 0 Å². The van der Waals surface area contributed by atoms with E-state index in [4.69, 9.17) is 28.4 Å². The van der Waals surface area contributed by atoms with Gasteiger partial charge in [-0.25, -0.2) is 0 Å². The van der Waals surface area contributed by atoms with Crippen LogP contribution in [-0.2, 0) is 38.0 Å². The summed E-state index contributed by atoms with van der Waals surface area (Å²) in [6.07, 6.45) is 29.6. The number of aliphatic hydroxyl groups is 7. The summed E-state index contributed by atoms with van der Waals surface area (Å²) in [4.78, 5) is 25.8. The van der Waals surface area contributed by atoms with Crippen molar-refractivity contribution in [3.05, 3.63) is 60.8 Å². The smallest absolute Gasteiger partial charge is 0.306 e. The molecule has 7 N–H and O–H groups in total. The van der Waals surface area contributed by atoms with Crippen molar-refractivity contribution in [1.29, 1.82) is 0 Å². The number of hydrogen-bond donors (Lipinski definition) is 7. The van der Waals surface area contributed by atoms with Crippen molar-refractivity contribution in [3.63, 3.8) is 0 Å². The zero-order valence-corrected chi connectivity index (χ0v) is 42.0. The van der Waals surface area contributed by atoms with Crippen LogP contribution in [0.1, 0.15) is 174 Å². The first-order chi connectivity index (χ1) is 33.5. The Morgan fingerprint density at radius 1 is 0.478 bits per heavy atom. The van der Waals surface area contributed by atoms with Crippen molar-refractivity contribution >= 4 is 11.9 Å². The molecule has 2 fully saturated rings. The monoisotopic (exact) mass is 981 g/mol. The van der Waals surface area contributed by atoms with Crippen LogP contribution in [-0.4, -0.2) is 142 Å². The molecule has 0 amide bonds. The lowest BCUT2D eigenvalue weighted by atomic mass is 9.98. The maximum atomic E-state index is 13.0. The van der Waals surface area contributed by atoms with Crippen molar-refractivity contribution in [2.45, 2.75) is 242 Å². The Bertz CT molecular complexity index is 1430. The van der Waals surface area contributed by atoms with Gasteiger partial charge in [0, 0.05) is 12.8 Å². The molecule has 2 aliphatic rings. The Labute approximate surface area is 413 Å². The second-order valence-electron chi connectivity index (χ2n) is 18.3. The number of hydrogen-bond acceptors (Lipinski definition) is 15. The molecule has 2 saturated heterocycles. The highest BCUT2D eigenvalue weighted by Gasteiger charge is 2.47. The predicted molar refractivity (Wildman–Crippen MR) is 266 cm³/mol. The minimum atomic E-state index is -1.77. The quantitative estimate of drug-likeness (QED) is 0.0178. The Hall–Kier alpha value is -2.80. The van der Waals surface area contributed by atoms with Crippen LogP contribution < -0.4 is 0 Å². The Morgan fingerprint density at radius 2 is 0.913 bits per heavy atom. The molecule has 0 radical (unpaired) electrons. The number of aliphatic hydroxyl groups excluding tert-OH is 7. The van der Waals surface area contributed by atoms with E-state index in [0.717, 1.165) is 89.9 Å². The highest BCUT2D eigenvalue weighted by molar-refractivity contribution is 5.70. The topological polar surface area (TPSA) is 231 Å². The van der Waals surface area contributed by atoms with Crippen LogP contribution in [0.3, 0.4) is 0 Å². The molecule has 0 aromatic heterocycles. The molecule has 15 nitrogen and oxygen atoms in total. The molecule has 11 atom stereocenters. The summed E-state index contributed by atoms with van der Waals surface area (Å²) in [6, 6.07) is 0. The van der Waals surface area contributed by atoms with E-state index in [2.05, 4.69) is 74.6 Å². The van der Waals surface area contributed by atoms with Crippen LogP contribution in [0.5, 0.6) is 0 Å². The average Bonchev–Trinajstić information content (AvgIpc) is 3.34. The minimum Gasteiger partial charge on any atom is -0.462 e. The lowest BCUT2D eigenvalue weighted by Crippen LogP contribution is -2.61. The van der Waals surface area contributed by atoms with Crippen LogP contribution in [0.2, 0.25) is 0 Å². The van der Waals surface area contributed by atoms with Gasteiger partial charge in [-0.15, -0.1) is 0 Å². The molecule has 398 valence electrons. The Kier molecular flexibility index (Phi) is 36.8. The maximum absolute atomic E-state index is 13.0. The van der Waals surface area contributed by atoms with Gasteiger partial charge >= 0.3 is 11.9 Å². The van der Waals surface area contributed by atoms with Crippen LogP contribution in [0, 0.1) is 0 Å². The molecule has 0 bridgehead atoms. The molecular formula is C54H92O15. The van der Waals surface area contributed by atoms with Crippen LogP contribution >= 0.6 is 0 Å². The number of carbonyl (C=O) groups is 2. The van der Waals surface area contributed by atoms with Crippen molar-refractivity contribution in [2.75, 3.05) is 26.4 Å². The van der Waals surface area contributed by atoms with Crippen LogP contribution in [0.15, 0.2) is 60.8 Å². The molecule has 15 heteroatoms. The van der Waals surface area contributed by atoms with E-state index in [1.54, 1.807) is 0 Å². The van der Waals surface area contributed by atoms with Crippen LogP contribution in [0.25, 0.3) is 0 Å². The van der Waals surface area contributed by atoms with E-state index in [1.807, 2.05) is 0 Å². The second-order valence-corrected chi connectivity index (χ2v) is 18.3. The van der Waals surface area contributed by atoms with Gasteiger partial charge in [0.2, 0.25) is 0 Å². The first-order valence-electron chi connectivity index (χ1n) is 26.4.